The van der Waals surface area contributed by atoms with Crippen LogP contribution in [0.3, 0.4) is 0 Å². The third-order valence-corrected chi connectivity index (χ3v) is 5.94. The van der Waals surface area contributed by atoms with E-state index in [4.69, 9.17) is 4.74 Å². The fraction of sp³-hybridized carbons (Fsp3) is 0.933. The van der Waals surface area contributed by atoms with E-state index in [1.54, 1.807) is 0 Å². The quantitative estimate of drug-likeness (QED) is 0.653. The molecule has 4 heteroatoms. The summed E-state index contributed by atoms with van der Waals surface area (Å²) in [6, 6.07) is 0. The smallest absolute Gasteiger partial charge is 0.309 e. The molecule has 3 rings (SSSR count). The molecule has 2 saturated carbocycles. The van der Waals surface area contributed by atoms with Gasteiger partial charge in [-0.2, -0.15) is 0 Å². The fourth-order valence-corrected chi connectivity index (χ4v) is 4.67. The largest absolute Gasteiger partial charge is 0.462 e. The van der Waals surface area contributed by atoms with E-state index in [2.05, 4.69) is 0 Å². The first kappa shape index (κ1) is 13.4. The Morgan fingerprint density at radius 2 is 1.89 bits per heavy atom. The number of carbonyl (C=O) groups excluding carboxylic acids is 1. The van der Waals surface area contributed by atoms with Gasteiger partial charge in [0, 0.05) is 12.3 Å². The van der Waals surface area contributed by atoms with Crippen LogP contribution >= 0.6 is 0 Å². The molecule has 1 heterocycles. The highest BCUT2D eigenvalue weighted by Crippen LogP contribution is 2.54. The Morgan fingerprint density at radius 1 is 1.21 bits per heavy atom. The molecule has 0 aromatic rings. The highest BCUT2D eigenvalue weighted by Gasteiger charge is 2.58. The standard InChI is InChI=1S/C15H24O4/c1-8-9-6-11-10(4-5-14(11,2)17)15(3,18)7-12(9)19-13(8)16/h8-12,17-18H,4-7H2,1-3H3/t8-,9+,10+,11+,12+,14+,15-/m0/s1. The molecule has 2 aliphatic carbocycles. The van der Waals surface area contributed by atoms with E-state index in [1.165, 1.54) is 0 Å². The highest BCUT2D eigenvalue weighted by atomic mass is 16.6. The number of fused-ring (bicyclic) bond motifs is 2. The highest BCUT2D eigenvalue weighted by molar-refractivity contribution is 5.74. The van der Waals surface area contributed by atoms with E-state index >= 15 is 0 Å². The van der Waals surface area contributed by atoms with E-state index in [-0.39, 0.29) is 35.7 Å². The number of aliphatic hydroxyl groups is 2. The molecule has 0 unspecified atom stereocenters. The van der Waals surface area contributed by atoms with Crippen LogP contribution in [0.1, 0.15) is 46.5 Å². The third-order valence-electron chi connectivity index (χ3n) is 5.94. The van der Waals surface area contributed by atoms with Gasteiger partial charge in [0.1, 0.15) is 6.10 Å². The Bertz CT molecular complexity index is 401. The minimum Gasteiger partial charge on any atom is -0.462 e. The van der Waals surface area contributed by atoms with Crippen molar-refractivity contribution in [3.8, 4) is 0 Å². The maximum absolute atomic E-state index is 11.8. The van der Waals surface area contributed by atoms with Gasteiger partial charge in [0.2, 0.25) is 0 Å². The molecule has 7 atom stereocenters. The van der Waals surface area contributed by atoms with Crippen molar-refractivity contribution in [3.63, 3.8) is 0 Å². The monoisotopic (exact) mass is 268 g/mol. The van der Waals surface area contributed by atoms with Crippen molar-refractivity contribution in [2.24, 2.45) is 23.7 Å². The SMILES string of the molecule is C[C@@H]1C(=O)O[C@@H]2C[C@](C)(O)[C@@H]3CC[C@@](C)(O)[C@@H]3C[C@H]12. The first-order chi connectivity index (χ1) is 8.72. The van der Waals surface area contributed by atoms with Gasteiger partial charge in [-0.1, -0.05) is 6.92 Å². The van der Waals surface area contributed by atoms with Crippen molar-refractivity contribution < 1.29 is 19.7 Å². The number of ether oxygens (including phenoxy) is 1. The summed E-state index contributed by atoms with van der Waals surface area (Å²) in [5.41, 5.74) is -1.58. The van der Waals surface area contributed by atoms with Crippen LogP contribution in [0.5, 0.6) is 0 Å². The Kier molecular flexibility index (Phi) is 2.78. The molecular weight excluding hydrogens is 244 g/mol. The van der Waals surface area contributed by atoms with E-state index in [9.17, 15) is 15.0 Å². The summed E-state index contributed by atoms with van der Waals surface area (Å²) in [7, 11) is 0. The zero-order valence-electron chi connectivity index (χ0n) is 11.9. The van der Waals surface area contributed by atoms with E-state index < -0.39 is 11.2 Å². The summed E-state index contributed by atoms with van der Waals surface area (Å²) >= 11 is 0. The summed E-state index contributed by atoms with van der Waals surface area (Å²) in [5.74, 6) is 0.0461. The van der Waals surface area contributed by atoms with Gasteiger partial charge in [0.15, 0.2) is 0 Å². The number of carbonyl (C=O) groups is 1. The first-order valence-electron chi connectivity index (χ1n) is 7.37. The molecule has 1 aliphatic heterocycles. The summed E-state index contributed by atoms with van der Waals surface area (Å²) < 4.78 is 5.45. The molecule has 108 valence electrons. The number of rotatable bonds is 0. The number of esters is 1. The third kappa shape index (κ3) is 1.91. The van der Waals surface area contributed by atoms with Crippen LogP contribution in [0.2, 0.25) is 0 Å². The number of hydrogen-bond acceptors (Lipinski definition) is 4. The summed E-state index contributed by atoms with van der Waals surface area (Å²) in [6.45, 7) is 5.62. The first-order valence-corrected chi connectivity index (χ1v) is 7.37. The second kappa shape index (κ2) is 3.95. The molecule has 0 bridgehead atoms. The van der Waals surface area contributed by atoms with Crippen molar-refractivity contribution in [2.45, 2.75) is 63.8 Å². The molecule has 4 nitrogen and oxygen atoms in total. The number of hydrogen-bond donors (Lipinski definition) is 2. The lowest BCUT2D eigenvalue weighted by Crippen LogP contribution is -2.41. The van der Waals surface area contributed by atoms with Gasteiger partial charge in [0.25, 0.3) is 0 Å². The normalized spacial score (nSPS) is 57.3. The lowest BCUT2D eigenvalue weighted by atomic mass is 9.75. The van der Waals surface area contributed by atoms with E-state index in [1.807, 2.05) is 20.8 Å². The van der Waals surface area contributed by atoms with Crippen LogP contribution < -0.4 is 0 Å². The van der Waals surface area contributed by atoms with Crippen LogP contribution in [0.25, 0.3) is 0 Å². The Balaban J connectivity index is 1.95. The lowest BCUT2D eigenvalue weighted by Gasteiger charge is -2.35. The Morgan fingerprint density at radius 3 is 2.58 bits per heavy atom. The van der Waals surface area contributed by atoms with Crippen LogP contribution in [0.4, 0.5) is 0 Å². The Hall–Kier alpha value is -0.610. The maximum atomic E-state index is 11.8. The fourth-order valence-electron chi connectivity index (χ4n) is 4.67. The van der Waals surface area contributed by atoms with Crippen molar-refractivity contribution in [2.75, 3.05) is 0 Å². The molecule has 0 radical (unpaired) electrons. The second-order valence-electron chi connectivity index (χ2n) is 7.33. The predicted molar refractivity (Wildman–Crippen MR) is 69.2 cm³/mol. The minimum atomic E-state index is -0.852. The average molecular weight is 268 g/mol. The van der Waals surface area contributed by atoms with Gasteiger partial charge >= 0.3 is 5.97 Å². The molecule has 0 aromatic heterocycles. The zero-order valence-corrected chi connectivity index (χ0v) is 11.9. The zero-order chi connectivity index (χ0) is 14.0. The lowest BCUT2D eigenvalue weighted by molar-refractivity contribution is -0.146. The van der Waals surface area contributed by atoms with E-state index in [0.717, 1.165) is 19.3 Å². The summed E-state index contributed by atoms with van der Waals surface area (Å²) in [5, 5.41) is 21.4. The van der Waals surface area contributed by atoms with Gasteiger partial charge < -0.3 is 14.9 Å². The van der Waals surface area contributed by atoms with Gasteiger partial charge in [-0.3, -0.25) is 4.79 Å². The van der Waals surface area contributed by atoms with Crippen molar-refractivity contribution >= 4 is 5.97 Å². The topological polar surface area (TPSA) is 66.8 Å². The molecule has 19 heavy (non-hydrogen) atoms. The summed E-state index contributed by atoms with van der Waals surface area (Å²) in [6.07, 6.45) is 2.70. The predicted octanol–water partition coefficient (Wildman–Crippen LogP) is 1.49. The van der Waals surface area contributed by atoms with Crippen LogP contribution in [0.15, 0.2) is 0 Å². The molecule has 0 spiro atoms. The Labute approximate surface area is 114 Å². The summed E-state index contributed by atoms with van der Waals surface area (Å²) in [4.78, 5) is 11.8. The molecule has 0 amide bonds. The van der Waals surface area contributed by atoms with Crippen LogP contribution in [0, 0.1) is 23.7 Å². The minimum absolute atomic E-state index is 0.0643. The van der Waals surface area contributed by atoms with Gasteiger partial charge in [0.05, 0.1) is 17.1 Å². The van der Waals surface area contributed by atoms with Crippen molar-refractivity contribution in [1.29, 1.82) is 0 Å². The second-order valence-corrected chi connectivity index (χ2v) is 7.33. The molecule has 0 aromatic carbocycles. The molecule has 2 N–H and O–H groups in total. The van der Waals surface area contributed by atoms with Crippen LogP contribution in [-0.4, -0.2) is 33.5 Å². The average Bonchev–Trinajstić information content (AvgIpc) is 2.66. The molecule has 3 fully saturated rings. The van der Waals surface area contributed by atoms with Gasteiger partial charge in [-0.25, -0.2) is 0 Å². The van der Waals surface area contributed by atoms with Crippen molar-refractivity contribution in [3.05, 3.63) is 0 Å². The van der Waals surface area contributed by atoms with Crippen LogP contribution in [-0.2, 0) is 9.53 Å². The molecule has 3 aliphatic rings. The van der Waals surface area contributed by atoms with Gasteiger partial charge in [-0.05, 0) is 44.9 Å². The maximum Gasteiger partial charge on any atom is 0.309 e. The van der Waals surface area contributed by atoms with Gasteiger partial charge in [-0.15, -0.1) is 0 Å². The van der Waals surface area contributed by atoms with E-state index in [0.29, 0.717) is 6.42 Å². The molecule has 1 saturated heterocycles. The van der Waals surface area contributed by atoms with Crippen molar-refractivity contribution in [1.82, 2.24) is 0 Å². The molecular formula is C15H24O4.